The van der Waals surface area contributed by atoms with Crippen LogP contribution >= 0.6 is 0 Å². The van der Waals surface area contributed by atoms with Gasteiger partial charge in [0.05, 0.1) is 17.8 Å². The van der Waals surface area contributed by atoms with Gasteiger partial charge in [-0.1, -0.05) is 13.8 Å². The zero-order valence-corrected chi connectivity index (χ0v) is 18.0. The molecule has 0 amide bonds. The van der Waals surface area contributed by atoms with Crippen LogP contribution in [0.3, 0.4) is 0 Å². The lowest BCUT2D eigenvalue weighted by atomic mass is 10.1. The first-order valence-electron chi connectivity index (χ1n) is 10.4. The zero-order valence-electron chi connectivity index (χ0n) is 18.0. The lowest BCUT2D eigenvalue weighted by Crippen LogP contribution is -2.47. The molecule has 0 saturated carbocycles. The Balaban J connectivity index is 1.60. The van der Waals surface area contributed by atoms with E-state index in [9.17, 15) is 4.39 Å². The van der Waals surface area contributed by atoms with Crippen LogP contribution in [0.5, 0.6) is 0 Å². The number of nitrogens with zero attached hydrogens (tertiary/aromatic N) is 5. The maximum absolute atomic E-state index is 14.0. The van der Waals surface area contributed by atoms with Gasteiger partial charge in [0.15, 0.2) is 0 Å². The van der Waals surface area contributed by atoms with Crippen LogP contribution in [0.25, 0.3) is 10.9 Å². The fourth-order valence-corrected chi connectivity index (χ4v) is 3.89. The smallest absolute Gasteiger partial charge is 0.133 e. The number of pyridine rings is 1. The van der Waals surface area contributed by atoms with Crippen molar-refractivity contribution < 1.29 is 9.13 Å². The van der Waals surface area contributed by atoms with E-state index in [-0.39, 0.29) is 5.82 Å². The number of methoxy groups -OCH3 is 1. The van der Waals surface area contributed by atoms with Crippen molar-refractivity contribution in [2.75, 3.05) is 43.1 Å². The molecule has 1 aliphatic heterocycles. The number of anilines is 2. The molecule has 1 aliphatic rings. The van der Waals surface area contributed by atoms with E-state index >= 15 is 0 Å². The summed E-state index contributed by atoms with van der Waals surface area (Å²) in [5.74, 6) is 1.91. The third-order valence-corrected chi connectivity index (χ3v) is 5.41. The van der Waals surface area contributed by atoms with Crippen molar-refractivity contribution in [3.63, 3.8) is 0 Å². The van der Waals surface area contributed by atoms with Crippen LogP contribution in [0.4, 0.5) is 15.9 Å². The second-order valence-electron chi connectivity index (χ2n) is 8.08. The number of benzene rings is 1. The first kappa shape index (κ1) is 20.5. The molecule has 0 spiro atoms. The molecule has 1 aromatic carbocycles. The highest BCUT2D eigenvalue weighted by Gasteiger charge is 2.22. The molecule has 0 atom stereocenters. The molecule has 4 rings (SSSR count). The number of aryl methyl sites for hydroxylation is 1. The Morgan fingerprint density at radius 2 is 1.73 bits per heavy atom. The van der Waals surface area contributed by atoms with E-state index in [1.54, 1.807) is 19.2 Å². The van der Waals surface area contributed by atoms with E-state index in [0.29, 0.717) is 12.5 Å². The monoisotopic (exact) mass is 409 g/mol. The molecule has 3 heterocycles. The molecular weight excluding hydrogens is 381 g/mol. The van der Waals surface area contributed by atoms with Crippen LogP contribution in [0, 0.1) is 12.7 Å². The average Bonchev–Trinajstić information content (AvgIpc) is 2.73. The summed E-state index contributed by atoms with van der Waals surface area (Å²) in [6.45, 7) is 9.99. The van der Waals surface area contributed by atoms with Crippen molar-refractivity contribution in [1.82, 2.24) is 15.0 Å². The van der Waals surface area contributed by atoms with Crippen molar-refractivity contribution in [2.24, 2.45) is 0 Å². The van der Waals surface area contributed by atoms with E-state index in [1.807, 2.05) is 13.0 Å². The summed E-state index contributed by atoms with van der Waals surface area (Å²) < 4.78 is 19.2. The number of fused-ring (bicyclic) bond motifs is 1. The second kappa shape index (κ2) is 8.52. The minimum absolute atomic E-state index is 0.249. The largest absolute Gasteiger partial charge is 0.378 e. The molecule has 0 aliphatic carbocycles. The first-order valence-corrected chi connectivity index (χ1v) is 10.4. The molecule has 6 nitrogen and oxygen atoms in total. The minimum Gasteiger partial charge on any atom is -0.378 e. The third kappa shape index (κ3) is 4.21. The van der Waals surface area contributed by atoms with Crippen molar-refractivity contribution >= 4 is 22.4 Å². The number of halogens is 1. The molecule has 0 unspecified atom stereocenters. The summed E-state index contributed by atoms with van der Waals surface area (Å²) in [5.41, 5.74) is 3.64. The summed E-state index contributed by atoms with van der Waals surface area (Å²) in [4.78, 5) is 18.6. The van der Waals surface area contributed by atoms with Crippen molar-refractivity contribution in [2.45, 2.75) is 33.3 Å². The average molecular weight is 410 g/mol. The van der Waals surface area contributed by atoms with Gasteiger partial charge in [0.25, 0.3) is 0 Å². The fraction of sp³-hybridized carbons (Fsp3) is 0.435. The van der Waals surface area contributed by atoms with Gasteiger partial charge in [0.1, 0.15) is 17.5 Å². The zero-order chi connectivity index (χ0) is 21.3. The normalized spacial score (nSPS) is 14.7. The van der Waals surface area contributed by atoms with Crippen molar-refractivity contribution in [3.8, 4) is 0 Å². The van der Waals surface area contributed by atoms with Crippen LogP contribution < -0.4 is 9.80 Å². The van der Waals surface area contributed by atoms with Crippen molar-refractivity contribution in [3.05, 3.63) is 53.4 Å². The molecule has 30 heavy (non-hydrogen) atoms. The lowest BCUT2D eigenvalue weighted by molar-refractivity contribution is 0.182. The van der Waals surface area contributed by atoms with Crippen LogP contribution in [0.2, 0.25) is 0 Å². The number of hydrogen-bond donors (Lipinski definition) is 0. The van der Waals surface area contributed by atoms with Gasteiger partial charge in [0.2, 0.25) is 0 Å². The van der Waals surface area contributed by atoms with Crippen molar-refractivity contribution in [1.29, 1.82) is 0 Å². The molecule has 0 radical (unpaired) electrons. The van der Waals surface area contributed by atoms with Gasteiger partial charge < -0.3 is 14.5 Å². The Morgan fingerprint density at radius 1 is 1.00 bits per heavy atom. The number of hydrogen-bond acceptors (Lipinski definition) is 6. The highest BCUT2D eigenvalue weighted by atomic mass is 19.1. The summed E-state index contributed by atoms with van der Waals surface area (Å²) in [5, 5.41) is 0.836. The van der Waals surface area contributed by atoms with E-state index in [2.05, 4.69) is 39.7 Å². The molecule has 0 N–H and O–H groups in total. The van der Waals surface area contributed by atoms with Crippen LogP contribution in [-0.2, 0) is 11.3 Å². The van der Waals surface area contributed by atoms with Gasteiger partial charge in [-0.25, -0.2) is 14.4 Å². The van der Waals surface area contributed by atoms with Crippen LogP contribution in [-0.4, -0.2) is 48.2 Å². The summed E-state index contributed by atoms with van der Waals surface area (Å²) in [6.07, 6.45) is 0. The summed E-state index contributed by atoms with van der Waals surface area (Å²) in [6, 6.07) is 8.84. The predicted octanol–water partition coefficient (Wildman–Crippen LogP) is 4.07. The maximum Gasteiger partial charge on any atom is 0.133 e. The fourth-order valence-electron chi connectivity index (χ4n) is 3.89. The molecular formula is C23H28FN5O. The Kier molecular flexibility index (Phi) is 5.81. The molecule has 0 bridgehead atoms. The summed E-state index contributed by atoms with van der Waals surface area (Å²) >= 11 is 0. The quantitative estimate of drug-likeness (QED) is 0.633. The molecule has 3 aromatic rings. The van der Waals surface area contributed by atoms with Gasteiger partial charge in [-0.15, -0.1) is 0 Å². The highest BCUT2D eigenvalue weighted by molar-refractivity contribution is 5.92. The second-order valence-corrected chi connectivity index (χ2v) is 8.08. The number of piperazine rings is 1. The predicted molar refractivity (Wildman–Crippen MR) is 118 cm³/mol. The van der Waals surface area contributed by atoms with E-state index in [0.717, 1.165) is 65.8 Å². The van der Waals surface area contributed by atoms with E-state index < -0.39 is 0 Å². The lowest BCUT2D eigenvalue weighted by Gasteiger charge is -2.37. The van der Waals surface area contributed by atoms with Gasteiger partial charge in [0, 0.05) is 62.0 Å². The highest BCUT2D eigenvalue weighted by Crippen LogP contribution is 2.29. The molecule has 1 fully saturated rings. The van der Waals surface area contributed by atoms with Gasteiger partial charge in [-0.05, 0) is 31.2 Å². The standard InChI is InChI=1S/C23H28FN5O/c1-15(2)23-25-16(3)11-22(27-23)29-9-7-28(8-10-29)21-13-18(14-30-4)26-20-6-5-17(24)12-19(20)21/h5-6,11-13,15H,7-10,14H2,1-4H3. The summed E-state index contributed by atoms with van der Waals surface area (Å²) in [7, 11) is 1.66. The van der Waals surface area contributed by atoms with Crippen LogP contribution in [0.15, 0.2) is 30.3 Å². The minimum atomic E-state index is -0.249. The number of aromatic nitrogens is 3. The first-order chi connectivity index (χ1) is 14.4. The van der Waals surface area contributed by atoms with Crippen LogP contribution in [0.1, 0.15) is 37.0 Å². The number of rotatable bonds is 5. The van der Waals surface area contributed by atoms with E-state index in [4.69, 9.17) is 9.72 Å². The molecule has 2 aromatic heterocycles. The van der Waals surface area contributed by atoms with Gasteiger partial charge in [-0.2, -0.15) is 0 Å². The van der Waals surface area contributed by atoms with Gasteiger partial charge in [-0.3, -0.25) is 4.98 Å². The number of ether oxygens (including phenoxy) is 1. The Bertz CT molecular complexity index is 1050. The SMILES string of the molecule is COCc1cc(N2CCN(c3cc(C)nc(C(C)C)n3)CC2)c2cc(F)ccc2n1. The Labute approximate surface area is 176 Å². The molecule has 7 heteroatoms. The Morgan fingerprint density at radius 3 is 2.43 bits per heavy atom. The van der Waals surface area contributed by atoms with Gasteiger partial charge >= 0.3 is 0 Å². The molecule has 158 valence electrons. The van der Waals surface area contributed by atoms with E-state index in [1.165, 1.54) is 6.07 Å². The Hall–Kier alpha value is -2.80. The molecule has 1 saturated heterocycles. The maximum atomic E-state index is 14.0. The topological polar surface area (TPSA) is 54.4 Å². The third-order valence-electron chi connectivity index (χ3n) is 5.41.